The van der Waals surface area contributed by atoms with E-state index in [2.05, 4.69) is 36.1 Å². The summed E-state index contributed by atoms with van der Waals surface area (Å²) in [6.45, 7) is 7.23. The van der Waals surface area contributed by atoms with Crippen LogP contribution in [0, 0.1) is 0 Å². The van der Waals surface area contributed by atoms with E-state index in [0.29, 0.717) is 24.7 Å². The van der Waals surface area contributed by atoms with Crippen LogP contribution in [-0.4, -0.2) is 37.4 Å². The molecule has 0 atom stereocenters. The van der Waals surface area contributed by atoms with E-state index in [4.69, 9.17) is 14.2 Å². The number of ether oxygens (including phenoxy) is 3. The molecule has 1 heterocycles. The maximum Gasteiger partial charge on any atom is 0.163 e. The number of nitrogens with one attached hydrogen (secondary N) is 1. The predicted octanol–water partition coefficient (Wildman–Crippen LogP) is 3.55. The molecule has 24 heavy (non-hydrogen) atoms. The lowest BCUT2D eigenvalue weighted by Crippen LogP contribution is -2.16. The topological polar surface area (TPSA) is 65.5 Å². The van der Waals surface area contributed by atoms with Crippen molar-refractivity contribution >= 4 is 11.5 Å². The van der Waals surface area contributed by atoms with Crippen molar-refractivity contribution in [1.29, 1.82) is 0 Å². The Morgan fingerprint density at radius 2 is 1.83 bits per heavy atom. The molecule has 1 aromatic heterocycles. The van der Waals surface area contributed by atoms with Gasteiger partial charge in [-0.1, -0.05) is 20.8 Å². The summed E-state index contributed by atoms with van der Waals surface area (Å²) in [5.41, 5.74) is 0.758. The zero-order valence-corrected chi connectivity index (χ0v) is 14.9. The molecule has 0 aliphatic carbocycles. The van der Waals surface area contributed by atoms with Crippen molar-refractivity contribution in [3.63, 3.8) is 0 Å². The molecule has 0 bridgehead atoms. The third-order valence-electron chi connectivity index (χ3n) is 3.31. The first-order chi connectivity index (χ1) is 11.4. The number of aromatic nitrogens is 2. The molecule has 2 rings (SSSR count). The zero-order chi connectivity index (χ0) is 17.6. The molecule has 0 spiro atoms. The van der Waals surface area contributed by atoms with Gasteiger partial charge in [0.2, 0.25) is 0 Å². The lowest BCUT2D eigenvalue weighted by atomic mass is 9.96. The average Bonchev–Trinajstić information content (AvgIpc) is 2.55. The normalized spacial score (nSPS) is 11.2. The van der Waals surface area contributed by atoms with Crippen molar-refractivity contribution in [2.75, 3.05) is 32.8 Å². The SMILES string of the molecule is COCCOc1cc(Nc2ccnc(C(C)(C)C)n2)ccc1OC. The minimum absolute atomic E-state index is 0.105. The molecule has 0 radical (unpaired) electrons. The van der Waals surface area contributed by atoms with E-state index >= 15 is 0 Å². The minimum Gasteiger partial charge on any atom is -0.493 e. The van der Waals surface area contributed by atoms with Crippen LogP contribution >= 0.6 is 0 Å². The van der Waals surface area contributed by atoms with Gasteiger partial charge < -0.3 is 19.5 Å². The summed E-state index contributed by atoms with van der Waals surface area (Å²) in [5, 5.41) is 3.28. The molecule has 2 aromatic rings. The van der Waals surface area contributed by atoms with Gasteiger partial charge in [0.15, 0.2) is 11.5 Å². The molecule has 1 N–H and O–H groups in total. The largest absolute Gasteiger partial charge is 0.493 e. The van der Waals surface area contributed by atoms with Crippen LogP contribution in [0.3, 0.4) is 0 Å². The number of anilines is 2. The molecule has 0 aliphatic heterocycles. The Morgan fingerprint density at radius 1 is 1.04 bits per heavy atom. The van der Waals surface area contributed by atoms with Crippen molar-refractivity contribution < 1.29 is 14.2 Å². The van der Waals surface area contributed by atoms with Gasteiger partial charge in [0.1, 0.15) is 18.2 Å². The average molecular weight is 331 g/mol. The fraction of sp³-hybridized carbons (Fsp3) is 0.444. The molecular weight excluding hydrogens is 306 g/mol. The fourth-order valence-corrected chi connectivity index (χ4v) is 2.04. The van der Waals surface area contributed by atoms with Gasteiger partial charge in [0.25, 0.3) is 0 Å². The molecule has 0 fully saturated rings. The van der Waals surface area contributed by atoms with E-state index in [1.165, 1.54) is 0 Å². The van der Waals surface area contributed by atoms with Crippen molar-refractivity contribution in [1.82, 2.24) is 9.97 Å². The van der Waals surface area contributed by atoms with Gasteiger partial charge in [-0.25, -0.2) is 9.97 Å². The number of hydrogen-bond acceptors (Lipinski definition) is 6. The van der Waals surface area contributed by atoms with Gasteiger partial charge in [0, 0.05) is 30.5 Å². The Bertz CT molecular complexity index is 669. The van der Waals surface area contributed by atoms with Gasteiger partial charge in [-0.15, -0.1) is 0 Å². The summed E-state index contributed by atoms with van der Waals surface area (Å²) in [4.78, 5) is 8.91. The van der Waals surface area contributed by atoms with E-state index in [0.717, 1.165) is 17.3 Å². The van der Waals surface area contributed by atoms with Crippen molar-refractivity contribution in [2.45, 2.75) is 26.2 Å². The second kappa shape index (κ2) is 7.97. The van der Waals surface area contributed by atoms with Crippen molar-refractivity contribution in [3.05, 3.63) is 36.3 Å². The van der Waals surface area contributed by atoms with E-state index in [-0.39, 0.29) is 5.41 Å². The highest BCUT2D eigenvalue weighted by molar-refractivity contribution is 5.61. The summed E-state index contributed by atoms with van der Waals surface area (Å²) < 4.78 is 16.0. The van der Waals surface area contributed by atoms with Crippen LogP contribution in [0.2, 0.25) is 0 Å². The van der Waals surface area contributed by atoms with Gasteiger partial charge in [-0.2, -0.15) is 0 Å². The molecule has 6 heteroatoms. The molecule has 0 unspecified atom stereocenters. The van der Waals surface area contributed by atoms with Gasteiger partial charge >= 0.3 is 0 Å². The Balaban J connectivity index is 2.19. The number of hydrogen-bond donors (Lipinski definition) is 1. The first-order valence-electron chi connectivity index (χ1n) is 7.84. The molecule has 0 aliphatic rings. The monoisotopic (exact) mass is 331 g/mol. The molecule has 130 valence electrons. The Kier molecular flexibility index (Phi) is 5.98. The van der Waals surface area contributed by atoms with Crippen LogP contribution in [0.15, 0.2) is 30.5 Å². The summed E-state index contributed by atoms with van der Waals surface area (Å²) in [6.07, 6.45) is 1.76. The van der Waals surface area contributed by atoms with Crippen molar-refractivity contribution in [3.8, 4) is 11.5 Å². The molecule has 1 aromatic carbocycles. The maximum atomic E-state index is 5.70. The van der Waals surface area contributed by atoms with E-state index in [1.54, 1.807) is 20.4 Å². The minimum atomic E-state index is -0.105. The van der Waals surface area contributed by atoms with Crippen LogP contribution < -0.4 is 14.8 Å². The fourth-order valence-electron chi connectivity index (χ4n) is 2.04. The standard InChI is InChI=1S/C18H25N3O3/c1-18(2,3)17-19-9-8-16(21-17)20-13-6-7-14(23-5)15(12-13)24-11-10-22-4/h6-9,12H,10-11H2,1-5H3,(H,19,20,21). The van der Waals surface area contributed by atoms with E-state index < -0.39 is 0 Å². The van der Waals surface area contributed by atoms with Crippen molar-refractivity contribution in [2.24, 2.45) is 0 Å². The highest BCUT2D eigenvalue weighted by atomic mass is 16.5. The lowest BCUT2D eigenvalue weighted by Gasteiger charge is -2.17. The quantitative estimate of drug-likeness (QED) is 0.783. The molecular formula is C18H25N3O3. The maximum absolute atomic E-state index is 5.70. The second-order valence-electron chi connectivity index (χ2n) is 6.35. The first kappa shape index (κ1) is 18.0. The van der Waals surface area contributed by atoms with Crippen LogP contribution in [0.1, 0.15) is 26.6 Å². The summed E-state index contributed by atoms with van der Waals surface area (Å²) in [5.74, 6) is 2.86. The predicted molar refractivity (Wildman–Crippen MR) is 94.4 cm³/mol. The van der Waals surface area contributed by atoms with E-state index in [9.17, 15) is 0 Å². The second-order valence-corrected chi connectivity index (χ2v) is 6.35. The third kappa shape index (κ3) is 4.83. The first-order valence-corrected chi connectivity index (χ1v) is 7.84. The molecule has 6 nitrogen and oxygen atoms in total. The van der Waals surface area contributed by atoms with Gasteiger partial charge in [0.05, 0.1) is 13.7 Å². The number of rotatable bonds is 7. The van der Waals surface area contributed by atoms with Crippen LogP contribution in [0.5, 0.6) is 11.5 Å². The number of methoxy groups -OCH3 is 2. The molecule has 0 amide bonds. The third-order valence-corrected chi connectivity index (χ3v) is 3.31. The Morgan fingerprint density at radius 3 is 2.50 bits per heavy atom. The Labute approximate surface area is 143 Å². The Hall–Kier alpha value is -2.34. The summed E-state index contributed by atoms with van der Waals surface area (Å²) >= 11 is 0. The summed E-state index contributed by atoms with van der Waals surface area (Å²) in [6, 6.07) is 7.50. The highest BCUT2D eigenvalue weighted by Crippen LogP contribution is 2.31. The zero-order valence-electron chi connectivity index (χ0n) is 14.9. The number of benzene rings is 1. The number of nitrogens with zero attached hydrogens (tertiary/aromatic N) is 2. The highest BCUT2D eigenvalue weighted by Gasteiger charge is 2.17. The molecule has 0 saturated carbocycles. The van der Waals surface area contributed by atoms with Crippen LogP contribution in [0.4, 0.5) is 11.5 Å². The van der Waals surface area contributed by atoms with Crippen LogP contribution in [0.25, 0.3) is 0 Å². The molecule has 0 saturated heterocycles. The van der Waals surface area contributed by atoms with Gasteiger partial charge in [-0.05, 0) is 18.2 Å². The van der Waals surface area contributed by atoms with E-state index in [1.807, 2.05) is 24.3 Å². The lowest BCUT2D eigenvalue weighted by molar-refractivity contribution is 0.144. The van der Waals surface area contributed by atoms with Crippen LogP contribution in [-0.2, 0) is 10.2 Å². The van der Waals surface area contributed by atoms with Gasteiger partial charge in [-0.3, -0.25) is 0 Å². The smallest absolute Gasteiger partial charge is 0.163 e. The summed E-state index contributed by atoms with van der Waals surface area (Å²) in [7, 11) is 3.26.